The molecule has 3 aromatic carbocycles. The predicted octanol–water partition coefficient (Wildman–Crippen LogP) is 3.76. The van der Waals surface area contributed by atoms with Crippen LogP contribution < -0.4 is 5.56 Å². The monoisotopic (exact) mass is 302 g/mol. The Kier molecular flexibility index (Phi) is 2.91. The van der Waals surface area contributed by atoms with Crippen molar-refractivity contribution in [3.05, 3.63) is 70.5 Å². The van der Waals surface area contributed by atoms with Crippen LogP contribution in [0.4, 0.5) is 0 Å². The molecule has 4 nitrogen and oxygen atoms in total. The highest BCUT2D eigenvalue weighted by Crippen LogP contribution is 2.31. The number of aromatic nitrogens is 2. The molecule has 1 heterocycles. The summed E-state index contributed by atoms with van der Waals surface area (Å²) in [4.78, 5) is 19.9. The van der Waals surface area contributed by atoms with Gasteiger partial charge >= 0.3 is 0 Å². The van der Waals surface area contributed by atoms with E-state index in [0.717, 1.165) is 21.9 Å². The van der Waals surface area contributed by atoms with E-state index in [9.17, 15) is 9.90 Å². The molecule has 0 aliphatic rings. The minimum atomic E-state index is -0.263. The van der Waals surface area contributed by atoms with Gasteiger partial charge in [0.1, 0.15) is 11.4 Å². The van der Waals surface area contributed by atoms with Crippen LogP contribution >= 0.6 is 0 Å². The molecule has 4 heteroatoms. The first-order valence-electron chi connectivity index (χ1n) is 7.36. The van der Waals surface area contributed by atoms with Crippen molar-refractivity contribution in [2.45, 2.75) is 6.92 Å². The van der Waals surface area contributed by atoms with Gasteiger partial charge in [-0.25, -0.2) is 4.98 Å². The van der Waals surface area contributed by atoms with E-state index in [1.54, 1.807) is 6.07 Å². The van der Waals surface area contributed by atoms with Crippen molar-refractivity contribution in [3.8, 4) is 17.0 Å². The SMILES string of the molecule is Cc1ccccc1-c1nc2c(cc(O)c3ccccc32)[nH]c1=O. The van der Waals surface area contributed by atoms with Crippen LogP contribution in [0.15, 0.2) is 59.4 Å². The van der Waals surface area contributed by atoms with E-state index in [-0.39, 0.29) is 11.3 Å². The quantitative estimate of drug-likeness (QED) is 0.526. The molecular weight excluding hydrogens is 288 g/mol. The topological polar surface area (TPSA) is 66.0 Å². The van der Waals surface area contributed by atoms with Gasteiger partial charge in [0.2, 0.25) is 0 Å². The predicted molar refractivity (Wildman–Crippen MR) is 91.7 cm³/mol. The van der Waals surface area contributed by atoms with Crippen molar-refractivity contribution in [2.75, 3.05) is 0 Å². The van der Waals surface area contributed by atoms with E-state index in [1.165, 1.54) is 0 Å². The van der Waals surface area contributed by atoms with E-state index in [0.29, 0.717) is 16.7 Å². The number of rotatable bonds is 1. The summed E-state index contributed by atoms with van der Waals surface area (Å²) in [7, 11) is 0. The van der Waals surface area contributed by atoms with Gasteiger partial charge in [0, 0.05) is 22.4 Å². The lowest BCUT2D eigenvalue weighted by molar-refractivity contribution is 0.482. The molecule has 0 radical (unpaired) electrons. The van der Waals surface area contributed by atoms with Crippen molar-refractivity contribution in [1.29, 1.82) is 0 Å². The van der Waals surface area contributed by atoms with Gasteiger partial charge in [-0.3, -0.25) is 4.79 Å². The van der Waals surface area contributed by atoms with Gasteiger partial charge in [-0.1, -0.05) is 48.5 Å². The van der Waals surface area contributed by atoms with Crippen LogP contribution in [-0.2, 0) is 0 Å². The largest absolute Gasteiger partial charge is 0.507 e. The number of fused-ring (bicyclic) bond motifs is 3. The average molecular weight is 302 g/mol. The van der Waals surface area contributed by atoms with Crippen molar-refractivity contribution >= 4 is 21.8 Å². The van der Waals surface area contributed by atoms with E-state index in [2.05, 4.69) is 9.97 Å². The zero-order chi connectivity index (χ0) is 16.0. The maximum atomic E-state index is 12.4. The molecule has 1 aromatic heterocycles. The Morgan fingerprint density at radius 2 is 1.70 bits per heavy atom. The first kappa shape index (κ1) is 13.5. The van der Waals surface area contributed by atoms with Crippen LogP contribution in [0, 0.1) is 6.92 Å². The summed E-state index contributed by atoms with van der Waals surface area (Å²) in [6.07, 6.45) is 0. The summed E-state index contributed by atoms with van der Waals surface area (Å²) >= 11 is 0. The van der Waals surface area contributed by atoms with E-state index >= 15 is 0 Å². The number of nitrogens with one attached hydrogen (secondary N) is 1. The summed E-state index contributed by atoms with van der Waals surface area (Å²) in [5.74, 6) is 0.134. The second-order valence-electron chi connectivity index (χ2n) is 5.57. The van der Waals surface area contributed by atoms with Crippen LogP contribution in [0.25, 0.3) is 33.1 Å². The number of nitrogens with zero attached hydrogens (tertiary/aromatic N) is 1. The van der Waals surface area contributed by atoms with E-state index in [1.807, 2.05) is 55.5 Å². The summed E-state index contributed by atoms with van der Waals surface area (Å²) in [5, 5.41) is 11.7. The molecule has 112 valence electrons. The summed E-state index contributed by atoms with van der Waals surface area (Å²) < 4.78 is 0. The van der Waals surface area contributed by atoms with Gasteiger partial charge in [0.15, 0.2) is 0 Å². The smallest absolute Gasteiger partial charge is 0.274 e. The Morgan fingerprint density at radius 1 is 1.00 bits per heavy atom. The fraction of sp³-hybridized carbons (Fsp3) is 0.0526. The molecule has 0 spiro atoms. The zero-order valence-electron chi connectivity index (χ0n) is 12.5. The Hall–Kier alpha value is -3.14. The van der Waals surface area contributed by atoms with Crippen LogP contribution in [0.5, 0.6) is 5.75 Å². The average Bonchev–Trinajstić information content (AvgIpc) is 2.56. The third kappa shape index (κ3) is 2.07. The number of aryl methyl sites for hydroxylation is 1. The lowest BCUT2D eigenvalue weighted by Crippen LogP contribution is -2.12. The number of aromatic hydroxyl groups is 1. The number of hydrogen-bond acceptors (Lipinski definition) is 3. The fourth-order valence-corrected chi connectivity index (χ4v) is 2.92. The van der Waals surface area contributed by atoms with Gasteiger partial charge < -0.3 is 10.1 Å². The van der Waals surface area contributed by atoms with Crippen molar-refractivity contribution in [3.63, 3.8) is 0 Å². The normalized spacial score (nSPS) is 11.2. The Bertz CT molecular complexity index is 1110. The van der Waals surface area contributed by atoms with Gasteiger partial charge in [0.25, 0.3) is 5.56 Å². The van der Waals surface area contributed by atoms with Crippen molar-refractivity contribution < 1.29 is 5.11 Å². The van der Waals surface area contributed by atoms with Gasteiger partial charge in [-0.15, -0.1) is 0 Å². The minimum Gasteiger partial charge on any atom is -0.507 e. The molecule has 0 bridgehead atoms. The highest BCUT2D eigenvalue weighted by Gasteiger charge is 2.13. The Labute approximate surface area is 132 Å². The maximum absolute atomic E-state index is 12.4. The molecule has 0 amide bonds. The van der Waals surface area contributed by atoms with Gasteiger partial charge in [-0.2, -0.15) is 0 Å². The van der Waals surface area contributed by atoms with Gasteiger partial charge in [-0.05, 0) is 12.5 Å². The second-order valence-corrected chi connectivity index (χ2v) is 5.57. The van der Waals surface area contributed by atoms with Crippen molar-refractivity contribution in [2.24, 2.45) is 0 Å². The van der Waals surface area contributed by atoms with Crippen LogP contribution in [0.1, 0.15) is 5.56 Å². The molecule has 0 saturated heterocycles. The molecule has 4 aromatic rings. The van der Waals surface area contributed by atoms with Gasteiger partial charge in [0.05, 0.1) is 11.0 Å². The van der Waals surface area contributed by atoms with E-state index in [4.69, 9.17) is 0 Å². The molecule has 0 saturated carbocycles. The molecule has 0 unspecified atom stereocenters. The summed E-state index contributed by atoms with van der Waals surface area (Å²) in [5.41, 5.74) is 3.15. The Balaban J connectivity index is 2.15. The Morgan fingerprint density at radius 3 is 2.48 bits per heavy atom. The maximum Gasteiger partial charge on any atom is 0.274 e. The first-order valence-corrected chi connectivity index (χ1v) is 7.36. The van der Waals surface area contributed by atoms with Crippen LogP contribution in [-0.4, -0.2) is 15.1 Å². The van der Waals surface area contributed by atoms with Crippen molar-refractivity contribution in [1.82, 2.24) is 9.97 Å². The molecule has 23 heavy (non-hydrogen) atoms. The highest BCUT2D eigenvalue weighted by atomic mass is 16.3. The molecule has 2 N–H and O–H groups in total. The molecule has 4 rings (SSSR count). The first-order chi connectivity index (χ1) is 11.1. The van der Waals surface area contributed by atoms with E-state index < -0.39 is 0 Å². The number of phenols is 1. The summed E-state index contributed by atoms with van der Waals surface area (Å²) in [6, 6.07) is 16.7. The number of H-pyrrole nitrogens is 1. The number of hydrogen-bond donors (Lipinski definition) is 2. The minimum absolute atomic E-state index is 0.134. The highest BCUT2D eigenvalue weighted by molar-refractivity contribution is 6.07. The molecule has 0 atom stereocenters. The molecular formula is C19H14N2O2. The summed E-state index contributed by atoms with van der Waals surface area (Å²) in [6.45, 7) is 1.95. The molecule has 0 aliphatic heterocycles. The standard InChI is InChI=1S/C19H14N2O2/c1-11-6-2-3-7-12(11)18-19(23)20-15-10-16(22)13-8-4-5-9-14(13)17(15)21-18/h2-10,22H,1H3,(H,20,23). The third-order valence-electron chi connectivity index (χ3n) is 4.08. The lowest BCUT2D eigenvalue weighted by atomic mass is 10.0. The second kappa shape index (κ2) is 4.95. The number of phenolic OH excluding ortho intramolecular Hbond substituents is 1. The number of benzene rings is 3. The van der Waals surface area contributed by atoms with Crippen LogP contribution in [0.2, 0.25) is 0 Å². The lowest BCUT2D eigenvalue weighted by Gasteiger charge is -2.09. The third-order valence-corrected chi connectivity index (χ3v) is 4.08. The zero-order valence-corrected chi connectivity index (χ0v) is 12.5. The molecule has 0 aliphatic carbocycles. The number of aromatic amines is 1. The molecule has 0 fully saturated rings. The fourth-order valence-electron chi connectivity index (χ4n) is 2.92. The van der Waals surface area contributed by atoms with Crippen LogP contribution in [0.3, 0.4) is 0 Å².